The van der Waals surface area contributed by atoms with Crippen molar-refractivity contribution in [3.63, 3.8) is 0 Å². The predicted octanol–water partition coefficient (Wildman–Crippen LogP) is 5.25. The molecule has 5 heteroatoms. The summed E-state index contributed by atoms with van der Waals surface area (Å²) >= 11 is 0. The molecule has 0 spiro atoms. The number of hydrogen-bond donors (Lipinski definition) is 1. The van der Waals surface area contributed by atoms with Crippen molar-refractivity contribution in [2.24, 2.45) is 0 Å². The summed E-state index contributed by atoms with van der Waals surface area (Å²) in [5, 5.41) is 3.22. The summed E-state index contributed by atoms with van der Waals surface area (Å²) in [6.45, 7) is 8.26. The molecule has 0 aliphatic heterocycles. The molecule has 2 aromatic carbocycles. The Morgan fingerprint density at radius 2 is 1.67 bits per heavy atom. The van der Waals surface area contributed by atoms with Crippen molar-refractivity contribution < 1.29 is 14.3 Å². The minimum atomic E-state index is -0.525. The van der Waals surface area contributed by atoms with Crippen molar-refractivity contribution in [3.05, 3.63) is 64.7 Å². The van der Waals surface area contributed by atoms with E-state index in [2.05, 4.69) is 5.32 Å². The summed E-state index contributed by atoms with van der Waals surface area (Å²) < 4.78 is 5.92. The van der Waals surface area contributed by atoms with Gasteiger partial charge in [-0.25, -0.2) is 0 Å². The molecule has 178 valence electrons. The van der Waals surface area contributed by atoms with Gasteiger partial charge in [-0.3, -0.25) is 9.59 Å². The number of amides is 2. The van der Waals surface area contributed by atoms with Crippen molar-refractivity contribution in [1.82, 2.24) is 10.2 Å². The first-order chi connectivity index (χ1) is 15.9. The fourth-order valence-electron chi connectivity index (χ4n) is 4.44. The van der Waals surface area contributed by atoms with Gasteiger partial charge in [-0.1, -0.05) is 68.1 Å². The van der Waals surface area contributed by atoms with Crippen molar-refractivity contribution in [1.29, 1.82) is 0 Å². The van der Waals surface area contributed by atoms with Crippen LogP contribution in [-0.4, -0.2) is 35.4 Å². The predicted molar refractivity (Wildman–Crippen MR) is 132 cm³/mol. The summed E-state index contributed by atoms with van der Waals surface area (Å²) in [7, 11) is 0. The average molecular weight is 451 g/mol. The fraction of sp³-hybridized carbons (Fsp3) is 0.500. The van der Waals surface area contributed by atoms with Crippen LogP contribution in [0.2, 0.25) is 0 Å². The van der Waals surface area contributed by atoms with E-state index in [0.29, 0.717) is 18.7 Å². The monoisotopic (exact) mass is 450 g/mol. The third-order valence-electron chi connectivity index (χ3n) is 6.51. The number of hydrogen-bond acceptors (Lipinski definition) is 3. The lowest BCUT2D eigenvalue weighted by molar-refractivity contribution is -0.143. The first-order valence-corrected chi connectivity index (χ1v) is 12.2. The Kier molecular flexibility index (Phi) is 8.93. The van der Waals surface area contributed by atoms with E-state index < -0.39 is 6.04 Å². The molecule has 0 saturated heterocycles. The normalized spacial score (nSPS) is 15.0. The minimum Gasteiger partial charge on any atom is -0.483 e. The standard InChI is InChI=1S/C28H38N2O3/c1-5-25(28(32)29-24-9-7-6-8-10-24)30(18-23-15-12-20(2)13-16-23)27(31)19-33-26-17-21(3)11-14-22(26)4/h11-17,24-25H,5-10,18-19H2,1-4H3,(H,29,32)/t25-/m0/s1. The third-order valence-corrected chi connectivity index (χ3v) is 6.51. The maximum Gasteiger partial charge on any atom is 0.261 e. The van der Waals surface area contributed by atoms with Gasteiger partial charge < -0.3 is 15.0 Å². The van der Waals surface area contributed by atoms with Crippen molar-refractivity contribution in [3.8, 4) is 5.75 Å². The van der Waals surface area contributed by atoms with Gasteiger partial charge in [0.1, 0.15) is 11.8 Å². The lowest BCUT2D eigenvalue weighted by Crippen LogP contribution is -2.52. The molecule has 0 heterocycles. The summed E-state index contributed by atoms with van der Waals surface area (Å²) in [6, 6.07) is 13.8. The fourth-order valence-corrected chi connectivity index (χ4v) is 4.44. The van der Waals surface area contributed by atoms with Gasteiger partial charge in [0.15, 0.2) is 6.61 Å². The highest BCUT2D eigenvalue weighted by Gasteiger charge is 2.30. The number of ether oxygens (including phenoxy) is 1. The summed E-state index contributed by atoms with van der Waals surface area (Å²) in [6.07, 6.45) is 6.12. The molecule has 1 fully saturated rings. The van der Waals surface area contributed by atoms with Crippen molar-refractivity contribution in [2.75, 3.05) is 6.61 Å². The van der Waals surface area contributed by atoms with E-state index in [0.717, 1.165) is 47.9 Å². The molecule has 1 aliphatic carbocycles. The van der Waals surface area contributed by atoms with Crippen molar-refractivity contribution >= 4 is 11.8 Å². The molecule has 1 saturated carbocycles. The van der Waals surface area contributed by atoms with Gasteiger partial charge in [0.05, 0.1) is 0 Å². The molecule has 0 unspecified atom stereocenters. The van der Waals surface area contributed by atoms with Gasteiger partial charge in [0.2, 0.25) is 5.91 Å². The molecule has 1 N–H and O–H groups in total. The minimum absolute atomic E-state index is 0.0587. The zero-order valence-electron chi connectivity index (χ0n) is 20.5. The Morgan fingerprint density at radius 1 is 1.00 bits per heavy atom. The lowest BCUT2D eigenvalue weighted by Gasteiger charge is -2.32. The third kappa shape index (κ3) is 7.08. The number of benzene rings is 2. The van der Waals surface area contributed by atoms with E-state index in [9.17, 15) is 9.59 Å². The van der Waals surface area contributed by atoms with E-state index in [1.165, 1.54) is 6.42 Å². The average Bonchev–Trinajstić information content (AvgIpc) is 2.81. The second-order valence-electron chi connectivity index (χ2n) is 9.33. The van der Waals surface area contributed by atoms with Crippen molar-refractivity contribution in [2.45, 2.75) is 84.8 Å². The van der Waals surface area contributed by atoms with Crippen LogP contribution in [0.15, 0.2) is 42.5 Å². The second-order valence-corrected chi connectivity index (χ2v) is 9.33. The van der Waals surface area contributed by atoms with Crippen LogP contribution in [-0.2, 0) is 16.1 Å². The molecule has 1 atom stereocenters. The maximum atomic E-state index is 13.4. The molecular weight excluding hydrogens is 412 g/mol. The van der Waals surface area contributed by atoms with Crippen LogP contribution in [0, 0.1) is 20.8 Å². The zero-order valence-corrected chi connectivity index (χ0v) is 20.5. The summed E-state index contributed by atoms with van der Waals surface area (Å²) in [5.41, 5.74) is 4.24. The number of rotatable bonds is 9. The molecule has 33 heavy (non-hydrogen) atoms. The highest BCUT2D eigenvalue weighted by molar-refractivity contribution is 5.88. The molecule has 1 aliphatic rings. The Hall–Kier alpha value is -2.82. The Bertz CT molecular complexity index is 933. The quantitative estimate of drug-likeness (QED) is 0.568. The largest absolute Gasteiger partial charge is 0.483 e. The topological polar surface area (TPSA) is 58.6 Å². The van der Waals surface area contributed by atoms with E-state index >= 15 is 0 Å². The van der Waals surface area contributed by atoms with E-state index in [4.69, 9.17) is 4.74 Å². The molecule has 0 bridgehead atoms. The number of nitrogens with one attached hydrogen (secondary N) is 1. The molecule has 5 nitrogen and oxygen atoms in total. The number of carbonyl (C=O) groups is 2. The Labute approximate surface area is 198 Å². The van der Waals surface area contributed by atoms with Gasteiger partial charge >= 0.3 is 0 Å². The summed E-state index contributed by atoms with van der Waals surface area (Å²) in [4.78, 5) is 28.4. The van der Waals surface area contributed by atoms with E-state index in [1.54, 1.807) is 4.90 Å². The number of aryl methyl sites for hydroxylation is 3. The maximum absolute atomic E-state index is 13.4. The first kappa shape index (κ1) is 24.8. The van der Waals surface area contributed by atoms with Gasteiger partial charge in [0, 0.05) is 12.6 Å². The van der Waals surface area contributed by atoms with Crippen LogP contribution < -0.4 is 10.1 Å². The van der Waals surface area contributed by atoms with Crippen LogP contribution in [0.5, 0.6) is 5.75 Å². The number of nitrogens with zero attached hydrogens (tertiary/aromatic N) is 1. The molecule has 3 rings (SSSR count). The van der Waals surface area contributed by atoms with Gasteiger partial charge in [-0.15, -0.1) is 0 Å². The molecular formula is C28H38N2O3. The van der Waals surface area contributed by atoms with Crippen LogP contribution in [0.1, 0.15) is 67.7 Å². The molecule has 2 amide bonds. The lowest BCUT2D eigenvalue weighted by atomic mass is 9.95. The SMILES string of the molecule is CC[C@@H](C(=O)NC1CCCCC1)N(Cc1ccc(C)cc1)C(=O)COc1cc(C)ccc1C. The van der Waals surface area contributed by atoms with Crippen LogP contribution >= 0.6 is 0 Å². The first-order valence-electron chi connectivity index (χ1n) is 12.2. The second kappa shape index (κ2) is 11.9. The van der Waals surface area contributed by atoms with Gasteiger partial charge in [-0.2, -0.15) is 0 Å². The van der Waals surface area contributed by atoms with Crippen LogP contribution in [0.25, 0.3) is 0 Å². The number of carbonyl (C=O) groups excluding carboxylic acids is 2. The molecule has 0 radical (unpaired) electrons. The van der Waals surface area contributed by atoms with E-state index in [1.807, 2.05) is 70.2 Å². The van der Waals surface area contributed by atoms with Gasteiger partial charge in [-0.05, 0) is 62.8 Å². The molecule has 2 aromatic rings. The summed E-state index contributed by atoms with van der Waals surface area (Å²) in [5.74, 6) is 0.470. The highest BCUT2D eigenvalue weighted by atomic mass is 16.5. The van der Waals surface area contributed by atoms with E-state index in [-0.39, 0.29) is 24.5 Å². The van der Waals surface area contributed by atoms with Gasteiger partial charge in [0.25, 0.3) is 5.91 Å². The highest BCUT2D eigenvalue weighted by Crippen LogP contribution is 2.21. The Morgan fingerprint density at radius 3 is 2.33 bits per heavy atom. The zero-order chi connectivity index (χ0) is 23.8. The molecule has 0 aromatic heterocycles. The van der Waals surface area contributed by atoms with Crippen LogP contribution in [0.3, 0.4) is 0 Å². The van der Waals surface area contributed by atoms with Crippen LogP contribution in [0.4, 0.5) is 0 Å². The smallest absolute Gasteiger partial charge is 0.261 e. The Balaban J connectivity index is 1.77.